The molecule has 0 aliphatic heterocycles. The van der Waals surface area contributed by atoms with Crippen LogP contribution in [-0.2, 0) is 12.3 Å². The van der Waals surface area contributed by atoms with Crippen molar-refractivity contribution in [1.29, 1.82) is 0 Å². The maximum absolute atomic E-state index is 12.6. The number of urea groups is 1. The molecule has 0 bridgehead atoms. The number of aryl methyl sites for hydroxylation is 3. The molecule has 0 saturated carbocycles. The van der Waals surface area contributed by atoms with Gasteiger partial charge in [-0.3, -0.25) is 4.57 Å². The lowest BCUT2D eigenvalue weighted by molar-refractivity contribution is 0.251. The Morgan fingerprint density at radius 2 is 1.62 bits per heavy atom. The summed E-state index contributed by atoms with van der Waals surface area (Å²) in [5.41, 5.74) is 7.64. The van der Waals surface area contributed by atoms with Crippen molar-refractivity contribution in [3.63, 3.8) is 0 Å². The van der Waals surface area contributed by atoms with Gasteiger partial charge in [-0.05, 0) is 68.1 Å². The third-order valence-electron chi connectivity index (χ3n) is 5.87. The summed E-state index contributed by atoms with van der Waals surface area (Å²) in [5, 5.41) is 15.5. The zero-order chi connectivity index (χ0) is 24.1. The van der Waals surface area contributed by atoms with E-state index in [4.69, 9.17) is 0 Å². The maximum Gasteiger partial charge on any atom is 0.319 e. The summed E-state index contributed by atoms with van der Waals surface area (Å²) in [7, 11) is 0. The predicted octanol–water partition coefficient (Wildman–Crippen LogP) is 6.11. The van der Waals surface area contributed by atoms with E-state index in [1.54, 1.807) is 11.8 Å². The number of rotatable bonds is 7. The van der Waals surface area contributed by atoms with Crippen LogP contribution in [-0.4, -0.2) is 20.8 Å². The van der Waals surface area contributed by atoms with Crippen LogP contribution < -0.4 is 10.6 Å². The molecule has 2 N–H and O–H groups in total. The zero-order valence-corrected chi connectivity index (χ0v) is 20.7. The Morgan fingerprint density at radius 1 is 0.882 bits per heavy atom. The molecule has 1 heterocycles. The average Bonchev–Trinajstić information content (AvgIpc) is 3.23. The minimum absolute atomic E-state index is 0.252. The third kappa shape index (κ3) is 5.48. The molecule has 6 nitrogen and oxygen atoms in total. The third-order valence-corrected chi connectivity index (χ3v) is 6.85. The van der Waals surface area contributed by atoms with Gasteiger partial charge in [0.2, 0.25) is 0 Å². The number of carbonyl (C=O) groups is 1. The average molecular weight is 472 g/mol. The lowest BCUT2D eigenvalue weighted by Crippen LogP contribution is -2.29. The molecule has 2 amide bonds. The second kappa shape index (κ2) is 10.6. The Hall–Kier alpha value is -3.58. The SMILES string of the molecule is Cc1ccc(-n2c(CNC(=O)Nc3cccc(C)c3C)nnc2SCc2ccccc2C)cc1. The molecule has 1 aromatic heterocycles. The number of hydrogen-bond donors (Lipinski definition) is 2. The fraction of sp³-hybridized carbons (Fsp3) is 0.222. The smallest absolute Gasteiger partial charge is 0.319 e. The minimum atomic E-state index is -0.277. The molecule has 0 fully saturated rings. The first-order valence-electron chi connectivity index (χ1n) is 11.2. The van der Waals surface area contributed by atoms with Gasteiger partial charge in [0.25, 0.3) is 0 Å². The number of aromatic nitrogens is 3. The highest BCUT2D eigenvalue weighted by molar-refractivity contribution is 7.98. The number of hydrogen-bond acceptors (Lipinski definition) is 4. The van der Waals surface area contributed by atoms with Gasteiger partial charge in [0.1, 0.15) is 0 Å². The quantitative estimate of drug-likeness (QED) is 0.319. The molecule has 0 atom stereocenters. The summed E-state index contributed by atoms with van der Waals surface area (Å²) in [5.74, 6) is 1.46. The molecule has 0 spiro atoms. The van der Waals surface area contributed by atoms with E-state index >= 15 is 0 Å². The van der Waals surface area contributed by atoms with Crippen LogP contribution in [0.25, 0.3) is 5.69 Å². The Balaban J connectivity index is 1.53. The summed E-state index contributed by atoms with van der Waals surface area (Å²) >= 11 is 1.64. The van der Waals surface area contributed by atoms with Gasteiger partial charge in [-0.15, -0.1) is 10.2 Å². The van der Waals surface area contributed by atoms with Crippen molar-refractivity contribution in [2.24, 2.45) is 0 Å². The van der Waals surface area contributed by atoms with E-state index in [0.29, 0.717) is 5.82 Å². The zero-order valence-electron chi connectivity index (χ0n) is 19.9. The van der Waals surface area contributed by atoms with Gasteiger partial charge in [-0.2, -0.15) is 0 Å². The number of anilines is 1. The summed E-state index contributed by atoms with van der Waals surface area (Å²) in [6, 6.07) is 22.2. The highest BCUT2D eigenvalue weighted by Gasteiger charge is 2.16. The van der Waals surface area contributed by atoms with Crippen LogP contribution in [0.15, 0.2) is 71.9 Å². The molecule has 0 radical (unpaired) electrons. The van der Waals surface area contributed by atoms with E-state index in [0.717, 1.165) is 33.4 Å². The van der Waals surface area contributed by atoms with Gasteiger partial charge >= 0.3 is 6.03 Å². The number of amides is 2. The number of benzene rings is 3. The van der Waals surface area contributed by atoms with Crippen molar-refractivity contribution in [3.05, 3.63) is 100 Å². The number of nitrogens with one attached hydrogen (secondary N) is 2. The van der Waals surface area contributed by atoms with E-state index in [1.165, 1.54) is 16.7 Å². The summed E-state index contributed by atoms with van der Waals surface area (Å²) < 4.78 is 2.01. The van der Waals surface area contributed by atoms with Crippen LogP contribution in [0.5, 0.6) is 0 Å². The van der Waals surface area contributed by atoms with Gasteiger partial charge in [-0.1, -0.05) is 65.9 Å². The topological polar surface area (TPSA) is 71.8 Å². The number of thioether (sulfide) groups is 1. The summed E-state index contributed by atoms with van der Waals surface area (Å²) in [6.07, 6.45) is 0. The predicted molar refractivity (Wildman–Crippen MR) is 139 cm³/mol. The Kier molecular flexibility index (Phi) is 7.33. The van der Waals surface area contributed by atoms with Gasteiger partial charge in [0, 0.05) is 17.1 Å². The molecule has 0 aliphatic rings. The molecule has 34 heavy (non-hydrogen) atoms. The standard InChI is InChI=1S/C27H29N5OS/c1-18-12-14-23(15-13-18)32-25(16-28-26(33)29-24-11-7-9-19(2)21(24)4)30-31-27(32)34-17-22-10-6-5-8-20(22)3/h5-15H,16-17H2,1-4H3,(H2,28,29,33). The Morgan fingerprint density at radius 3 is 2.38 bits per heavy atom. The lowest BCUT2D eigenvalue weighted by Gasteiger charge is -2.13. The first kappa shape index (κ1) is 23.6. The maximum atomic E-state index is 12.6. The highest BCUT2D eigenvalue weighted by Crippen LogP contribution is 2.26. The molecule has 0 unspecified atom stereocenters. The molecule has 0 saturated heterocycles. The second-order valence-corrected chi connectivity index (χ2v) is 9.28. The molecular weight excluding hydrogens is 442 g/mol. The Labute approximate surface area is 204 Å². The van der Waals surface area contributed by atoms with Gasteiger partial charge in [-0.25, -0.2) is 4.79 Å². The van der Waals surface area contributed by atoms with Crippen molar-refractivity contribution in [2.45, 2.75) is 45.1 Å². The van der Waals surface area contributed by atoms with E-state index in [2.05, 4.69) is 77.1 Å². The fourth-order valence-electron chi connectivity index (χ4n) is 3.59. The molecule has 4 rings (SSSR count). The normalized spacial score (nSPS) is 10.8. The van der Waals surface area contributed by atoms with Crippen molar-refractivity contribution in [2.75, 3.05) is 5.32 Å². The summed E-state index contributed by atoms with van der Waals surface area (Å²) in [4.78, 5) is 12.6. The van der Waals surface area contributed by atoms with Crippen LogP contribution >= 0.6 is 11.8 Å². The summed E-state index contributed by atoms with van der Waals surface area (Å²) in [6.45, 7) is 8.45. The first-order chi connectivity index (χ1) is 16.4. The molecule has 174 valence electrons. The molecule has 0 aliphatic carbocycles. The largest absolute Gasteiger partial charge is 0.331 e. The fourth-order valence-corrected chi connectivity index (χ4v) is 4.64. The molecular formula is C27H29N5OS. The monoisotopic (exact) mass is 471 g/mol. The van der Waals surface area contributed by atoms with E-state index in [-0.39, 0.29) is 12.6 Å². The second-order valence-electron chi connectivity index (χ2n) is 8.34. The number of nitrogens with zero attached hydrogens (tertiary/aromatic N) is 3. The van der Waals surface area contributed by atoms with E-state index in [9.17, 15) is 4.79 Å². The van der Waals surface area contributed by atoms with Crippen molar-refractivity contribution in [3.8, 4) is 5.69 Å². The van der Waals surface area contributed by atoms with Gasteiger partial charge < -0.3 is 10.6 Å². The molecule has 7 heteroatoms. The van der Waals surface area contributed by atoms with Gasteiger partial charge in [0.15, 0.2) is 11.0 Å². The molecule has 4 aromatic rings. The Bertz CT molecular complexity index is 1300. The van der Waals surface area contributed by atoms with Crippen LogP contribution in [0.3, 0.4) is 0 Å². The highest BCUT2D eigenvalue weighted by atomic mass is 32.2. The molecule has 3 aromatic carbocycles. The first-order valence-corrected chi connectivity index (χ1v) is 12.2. The van der Waals surface area contributed by atoms with Crippen LogP contribution in [0.2, 0.25) is 0 Å². The minimum Gasteiger partial charge on any atom is -0.331 e. The van der Waals surface area contributed by atoms with Crippen LogP contribution in [0.1, 0.15) is 33.6 Å². The van der Waals surface area contributed by atoms with E-state index in [1.807, 2.05) is 42.7 Å². The lowest BCUT2D eigenvalue weighted by atomic mass is 10.1. The van der Waals surface area contributed by atoms with Crippen molar-refractivity contribution in [1.82, 2.24) is 20.1 Å². The van der Waals surface area contributed by atoms with Gasteiger partial charge in [0.05, 0.1) is 6.54 Å². The number of carbonyl (C=O) groups excluding carboxylic acids is 1. The van der Waals surface area contributed by atoms with Crippen LogP contribution in [0.4, 0.5) is 10.5 Å². The van der Waals surface area contributed by atoms with Crippen LogP contribution in [0, 0.1) is 27.7 Å². The van der Waals surface area contributed by atoms with E-state index < -0.39 is 0 Å². The van der Waals surface area contributed by atoms with Crippen molar-refractivity contribution < 1.29 is 4.79 Å². The van der Waals surface area contributed by atoms with Crippen molar-refractivity contribution >= 4 is 23.5 Å².